The molecule has 0 aromatic carbocycles. The lowest BCUT2D eigenvalue weighted by atomic mass is 9.90. The summed E-state index contributed by atoms with van der Waals surface area (Å²) in [5.41, 5.74) is 6.23. The minimum Gasteiger partial charge on any atom is -0.477 e. The summed E-state index contributed by atoms with van der Waals surface area (Å²) >= 11 is 0. The van der Waals surface area contributed by atoms with Crippen LogP contribution in [-0.4, -0.2) is 32.6 Å². The van der Waals surface area contributed by atoms with Gasteiger partial charge in [-0.25, -0.2) is 9.59 Å². The number of ether oxygens (including phenoxy) is 1. The van der Waals surface area contributed by atoms with Crippen LogP contribution in [0.2, 0.25) is 0 Å². The molecule has 0 aliphatic heterocycles. The van der Waals surface area contributed by atoms with Crippen molar-refractivity contribution in [1.82, 2.24) is 9.97 Å². The fraction of sp³-hybridized carbons (Fsp3) is 0.545. The normalized spacial score (nSPS) is 14.0. The molecule has 6 nitrogen and oxygen atoms in total. The third-order valence-electron chi connectivity index (χ3n) is 5.40. The van der Waals surface area contributed by atoms with Crippen LogP contribution in [0.4, 0.5) is 0 Å². The van der Waals surface area contributed by atoms with Crippen molar-refractivity contribution in [3.8, 4) is 0 Å². The number of hydrogen-bond donors (Lipinski definition) is 3. The van der Waals surface area contributed by atoms with E-state index in [4.69, 9.17) is 4.74 Å². The van der Waals surface area contributed by atoms with E-state index in [9.17, 15) is 14.7 Å². The summed E-state index contributed by atoms with van der Waals surface area (Å²) in [5, 5.41) is 9.44. The van der Waals surface area contributed by atoms with Gasteiger partial charge in [0.25, 0.3) is 0 Å². The average molecular weight is 386 g/mol. The first-order chi connectivity index (χ1) is 13.1. The second-order valence-corrected chi connectivity index (χ2v) is 8.56. The molecule has 0 spiro atoms. The summed E-state index contributed by atoms with van der Waals surface area (Å²) in [6.07, 6.45) is 5.26. The van der Waals surface area contributed by atoms with Crippen LogP contribution in [0.15, 0.2) is 0 Å². The van der Waals surface area contributed by atoms with E-state index in [0.717, 1.165) is 60.2 Å². The van der Waals surface area contributed by atoms with Crippen LogP contribution in [0, 0.1) is 6.92 Å². The number of aromatic amines is 2. The van der Waals surface area contributed by atoms with Crippen molar-refractivity contribution in [2.45, 2.75) is 78.7 Å². The smallest absolute Gasteiger partial charge is 0.355 e. The molecule has 2 aromatic rings. The molecule has 2 aromatic heterocycles. The fourth-order valence-electron chi connectivity index (χ4n) is 4.19. The largest absolute Gasteiger partial charge is 0.477 e. The predicted molar refractivity (Wildman–Crippen MR) is 107 cm³/mol. The van der Waals surface area contributed by atoms with Crippen molar-refractivity contribution in [2.75, 3.05) is 0 Å². The van der Waals surface area contributed by atoms with E-state index in [1.54, 1.807) is 0 Å². The van der Waals surface area contributed by atoms with Gasteiger partial charge in [0.2, 0.25) is 0 Å². The molecule has 152 valence electrons. The van der Waals surface area contributed by atoms with Crippen LogP contribution in [0.25, 0.3) is 0 Å². The van der Waals surface area contributed by atoms with Gasteiger partial charge in [0.1, 0.15) is 17.0 Å². The molecule has 1 aliphatic carbocycles. The molecule has 28 heavy (non-hydrogen) atoms. The first kappa shape index (κ1) is 20.2. The summed E-state index contributed by atoms with van der Waals surface area (Å²) in [4.78, 5) is 30.7. The molecule has 3 rings (SSSR count). The number of H-pyrrole nitrogens is 2. The zero-order valence-electron chi connectivity index (χ0n) is 17.4. The molecule has 6 heteroatoms. The number of aromatic nitrogens is 2. The third-order valence-corrected chi connectivity index (χ3v) is 5.40. The highest BCUT2D eigenvalue weighted by molar-refractivity contribution is 5.90. The number of carboxylic acids is 1. The number of carboxylic acid groups (broad SMARTS) is 1. The Morgan fingerprint density at radius 1 is 1.04 bits per heavy atom. The van der Waals surface area contributed by atoms with Gasteiger partial charge >= 0.3 is 11.9 Å². The Labute approximate surface area is 165 Å². The van der Waals surface area contributed by atoms with Gasteiger partial charge in [-0.05, 0) is 82.1 Å². The molecule has 0 amide bonds. The number of rotatable bonds is 5. The maximum Gasteiger partial charge on any atom is 0.355 e. The molecule has 0 bridgehead atoms. The lowest BCUT2D eigenvalue weighted by molar-refractivity contribution is 0.00618. The Morgan fingerprint density at radius 2 is 1.64 bits per heavy atom. The second kappa shape index (κ2) is 7.49. The highest BCUT2D eigenvalue weighted by Crippen LogP contribution is 2.31. The molecule has 0 radical (unpaired) electrons. The Hall–Kier alpha value is -2.50. The van der Waals surface area contributed by atoms with E-state index in [2.05, 4.69) is 9.97 Å². The second-order valence-electron chi connectivity index (χ2n) is 8.56. The predicted octanol–water partition coefficient (Wildman–Crippen LogP) is 4.34. The van der Waals surface area contributed by atoms with Crippen LogP contribution in [0.3, 0.4) is 0 Å². The van der Waals surface area contributed by atoms with Gasteiger partial charge in [0, 0.05) is 17.8 Å². The number of fused-ring (bicyclic) bond motifs is 1. The number of carbonyl (C=O) groups excluding carboxylic acids is 1. The van der Waals surface area contributed by atoms with Gasteiger partial charge in [0.05, 0.1) is 0 Å². The lowest BCUT2D eigenvalue weighted by Gasteiger charge is -2.20. The summed E-state index contributed by atoms with van der Waals surface area (Å²) in [6.45, 7) is 9.47. The van der Waals surface area contributed by atoms with Gasteiger partial charge in [-0.3, -0.25) is 0 Å². The van der Waals surface area contributed by atoms with E-state index in [1.165, 1.54) is 5.56 Å². The van der Waals surface area contributed by atoms with Crippen molar-refractivity contribution in [2.24, 2.45) is 0 Å². The van der Waals surface area contributed by atoms with Crippen LogP contribution in [-0.2, 0) is 30.4 Å². The van der Waals surface area contributed by atoms with Crippen LogP contribution in [0.1, 0.15) is 95.2 Å². The van der Waals surface area contributed by atoms with Crippen molar-refractivity contribution >= 4 is 11.9 Å². The molecule has 0 atom stereocenters. The van der Waals surface area contributed by atoms with Crippen LogP contribution in [0.5, 0.6) is 0 Å². The van der Waals surface area contributed by atoms with E-state index in [1.807, 2.05) is 34.6 Å². The summed E-state index contributed by atoms with van der Waals surface area (Å²) in [7, 11) is 0. The number of carbonyl (C=O) groups is 2. The Balaban J connectivity index is 2.01. The van der Waals surface area contributed by atoms with Crippen molar-refractivity contribution < 1.29 is 19.4 Å². The van der Waals surface area contributed by atoms with Crippen LogP contribution < -0.4 is 0 Å². The van der Waals surface area contributed by atoms with Gasteiger partial charge in [0.15, 0.2) is 0 Å². The minimum atomic E-state index is -0.943. The van der Waals surface area contributed by atoms with Gasteiger partial charge in [-0.15, -0.1) is 0 Å². The lowest BCUT2D eigenvalue weighted by Crippen LogP contribution is -2.25. The molecule has 0 fully saturated rings. The Morgan fingerprint density at radius 3 is 2.21 bits per heavy atom. The molecule has 0 unspecified atom stereocenters. The zero-order valence-corrected chi connectivity index (χ0v) is 17.4. The zero-order chi connectivity index (χ0) is 20.6. The van der Waals surface area contributed by atoms with Gasteiger partial charge in [-0.2, -0.15) is 0 Å². The molecule has 3 N–H and O–H groups in total. The first-order valence-corrected chi connectivity index (χ1v) is 10.0. The van der Waals surface area contributed by atoms with E-state index in [0.29, 0.717) is 12.1 Å². The highest BCUT2D eigenvalue weighted by Gasteiger charge is 2.28. The SMILES string of the molecule is CCc1c(Cc2[nH]c(C(=O)OC(C)(C)C)c3c2CCCC3)[nH]c(C(=O)O)c1C. The Kier molecular flexibility index (Phi) is 5.41. The Bertz CT molecular complexity index is 912. The standard InChI is InChI=1S/C22H30N2O4/c1-6-13-12(2)18(20(25)26)23-16(13)11-17-14-9-7-8-10-15(14)19(24-17)21(27)28-22(3,4)5/h23-24H,6-11H2,1-5H3,(H,25,26). The number of hydrogen-bond acceptors (Lipinski definition) is 3. The van der Waals surface area contributed by atoms with E-state index < -0.39 is 11.6 Å². The molecular weight excluding hydrogens is 356 g/mol. The molecule has 1 aliphatic rings. The molecule has 0 saturated carbocycles. The van der Waals surface area contributed by atoms with Crippen molar-refractivity contribution in [3.63, 3.8) is 0 Å². The number of aromatic carboxylic acids is 1. The third kappa shape index (κ3) is 3.86. The summed E-state index contributed by atoms with van der Waals surface area (Å²) < 4.78 is 5.60. The van der Waals surface area contributed by atoms with Gasteiger partial charge in [-0.1, -0.05) is 6.92 Å². The monoisotopic (exact) mass is 386 g/mol. The fourth-order valence-corrected chi connectivity index (χ4v) is 4.19. The average Bonchev–Trinajstić information content (AvgIpc) is 3.12. The van der Waals surface area contributed by atoms with E-state index >= 15 is 0 Å². The summed E-state index contributed by atoms with van der Waals surface area (Å²) in [6, 6.07) is 0. The van der Waals surface area contributed by atoms with E-state index in [-0.39, 0.29) is 11.7 Å². The molecule has 0 saturated heterocycles. The van der Waals surface area contributed by atoms with Crippen molar-refractivity contribution in [3.05, 3.63) is 45.0 Å². The van der Waals surface area contributed by atoms with Crippen molar-refractivity contribution in [1.29, 1.82) is 0 Å². The molecule has 2 heterocycles. The topological polar surface area (TPSA) is 95.2 Å². The van der Waals surface area contributed by atoms with Gasteiger partial charge < -0.3 is 19.8 Å². The molecular formula is C22H30N2O4. The maximum atomic E-state index is 12.7. The summed E-state index contributed by atoms with van der Waals surface area (Å²) in [5.74, 6) is -1.26. The first-order valence-electron chi connectivity index (χ1n) is 10.0. The highest BCUT2D eigenvalue weighted by atomic mass is 16.6. The quantitative estimate of drug-likeness (QED) is 0.666. The maximum absolute atomic E-state index is 12.7. The van der Waals surface area contributed by atoms with Crippen LogP contribution >= 0.6 is 0 Å². The number of nitrogens with one attached hydrogen (secondary N) is 2. The minimum absolute atomic E-state index is 0.250. The number of esters is 1.